The van der Waals surface area contributed by atoms with Crippen molar-refractivity contribution in [3.8, 4) is 17.2 Å². The van der Waals surface area contributed by atoms with Gasteiger partial charge in [-0.3, -0.25) is 4.68 Å². The van der Waals surface area contributed by atoms with E-state index in [1.807, 2.05) is 41.2 Å². The molecule has 3 rings (SSSR count). The minimum absolute atomic E-state index is 0.216. The molecule has 0 aliphatic heterocycles. The lowest BCUT2D eigenvalue weighted by Gasteiger charge is -2.20. The predicted octanol–water partition coefficient (Wildman–Crippen LogP) is 2.68. The zero-order valence-electron chi connectivity index (χ0n) is 14.0. The molecule has 0 aliphatic carbocycles. The van der Waals surface area contributed by atoms with Gasteiger partial charge in [-0.05, 0) is 44.2 Å². The maximum Gasteiger partial charge on any atom is 0.257 e. The van der Waals surface area contributed by atoms with E-state index in [4.69, 9.17) is 9.26 Å². The summed E-state index contributed by atoms with van der Waals surface area (Å²) < 4.78 is 12.4. The number of hydrogen-bond donors (Lipinski definition) is 1. The van der Waals surface area contributed by atoms with Gasteiger partial charge in [0.05, 0.1) is 19.7 Å². The third-order valence-electron chi connectivity index (χ3n) is 4.05. The quantitative estimate of drug-likeness (QED) is 0.719. The van der Waals surface area contributed by atoms with Gasteiger partial charge < -0.3 is 14.6 Å². The van der Waals surface area contributed by atoms with Crippen LogP contribution in [-0.2, 0) is 6.54 Å². The Morgan fingerprint density at radius 3 is 2.71 bits per heavy atom. The van der Waals surface area contributed by atoms with Gasteiger partial charge >= 0.3 is 0 Å². The summed E-state index contributed by atoms with van der Waals surface area (Å²) >= 11 is 0. The molecule has 2 heterocycles. The van der Waals surface area contributed by atoms with Gasteiger partial charge in [0.25, 0.3) is 5.89 Å². The van der Waals surface area contributed by atoms with Gasteiger partial charge in [-0.1, -0.05) is 5.16 Å². The molecule has 1 aromatic carbocycles. The summed E-state index contributed by atoms with van der Waals surface area (Å²) in [5.41, 5.74) is 0.868. The zero-order valence-corrected chi connectivity index (χ0v) is 14.0. The highest BCUT2D eigenvalue weighted by Crippen LogP contribution is 2.20. The van der Waals surface area contributed by atoms with E-state index >= 15 is 0 Å². The van der Waals surface area contributed by atoms with Crippen molar-refractivity contribution >= 4 is 0 Å². The van der Waals surface area contributed by atoms with Crippen LogP contribution in [0.15, 0.2) is 47.2 Å². The molecule has 0 amide bonds. The molecule has 2 atom stereocenters. The van der Waals surface area contributed by atoms with Crippen LogP contribution in [0.4, 0.5) is 0 Å². The number of nitrogens with one attached hydrogen (secondary N) is 1. The van der Waals surface area contributed by atoms with E-state index in [2.05, 4.69) is 34.4 Å². The molecule has 0 unspecified atom stereocenters. The molecular weight excluding hydrogens is 306 g/mol. The first-order valence-electron chi connectivity index (χ1n) is 7.87. The molecule has 0 fully saturated rings. The molecule has 0 saturated carbocycles. The molecule has 0 spiro atoms. The Balaban J connectivity index is 1.59. The van der Waals surface area contributed by atoms with Crippen molar-refractivity contribution in [1.82, 2.24) is 25.2 Å². The van der Waals surface area contributed by atoms with Crippen molar-refractivity contribution in [2.75, 3.05) is 7.11 Å². The molecule has 24 heavy (non-hydrogen) atoms. The van der Waals surface area contributed by atoms with Crippen molar-refractivity contribution in [3.63, 3.8) is 0 Å². The Bertz CT molecular complexity index is 752. The van der Waals surface area contributed by atoms with Gasteiger partial charge in [0.2, 0.25) is 0 Å². The molecule has 7 heteroatoms. The summed E-state index contributed by atoms with van der Waals surface area (Å²) in [6.45, 7) is 4.76. The normalized spacial score (nSPS) is 13.6. The third kappa shape index (κ3) is 3.62. The summed E-state index contributed by atoms with van der Waals surface area (Å²) in [6, 6.07) is 9.89. The van der Waals surface area contributed by atoms with Crippen LogP contribution in [0.5, 0.6) is 5.75 Å². The van der Waals surface area contributed by atoms with Crippen LogP contribution < -0.4 is 10.1 Å². The zero-order chi connectivity index (χ0) is 16.9. The topological polar surface area (TPSA) is 78.0 Å². The van der Waals surface area contributed by atoms with Crippen LogP contribution in [0.1, 0.15) is 25.7 Å². The SMILES string of the molecule is COc1ccc(-c2nc(CN[C@@H](C)[C@@H](C)n3cccn3)no2)cc1. The van der Waals surface area contributed by atoms with Gasteiger partial charge in [0, 0.05) is 24.0 Å². The molecule has 1 N–H and O–H groups in total. The first kappa shape index (κ1) is 16.2. The van der Waals surface area contributed by atoms with E-state index < -0.39 is 0 Å². The molecule has 2 aromatic heterocycles. The number of rotatable bonds is 7. The van der Waals surface area contributed by atoms with Gasteiger partial charge in [-0.25, -0.2) is 0 Å². The lowest BCUT2D eigenvalue weighted by molar-refractivity contribution is 0.357. The van der Waals surface area contributed by atoms with E-state index in [-0.39, 0.29) is 12.1 Å². The Labute approximate surface area is 140 Å². The van der Waals surface area contributed by atoms with E-state index in [0.29, 0.717) is 18.3 Å². The minimum Gasteiger partial charge on any atom is -0.497 e. The van der Waals surface area contributed by atoms with Crippen molar-refractivity contribution < 1.29 is 9.26 Å². The maximum atomic E-state index is 5.33. The monoisotopic (exact) mass is 327 g/mol. The van der Waals surface area contributed by atoms with Crippen molar-refractivity contribution in [1.29, 1.82) is 0 Å². The fraction of sp³-hybridized carbons (Fsp3) is 0.353. The van der Waals surface area contributed by atoms with E-state index in [1.165, 1.54) is 0 Å². The Kier molecular flexibility index (Phi) is 4.90. The second-order valence-electron chi connectivity index (χ2n) is 5.64. The maximum absolute atomic E-state index is 5.33. The second kappa shape index (κ2) is 7.27. The fourth-order valence-corrected chi connectivity index (χ4v) is 2.35. The highest BCUT2D eigenvalue weighted by atomic mass is 16.5. The fourth-order valence-electron chi connectivity index (χ4n) is 2.35. The van der Waals surface area contributed by atoms with Crippen LogP contribution in [0.2, 0.25) is 0 Å². The van der Waals surface area contributed by atoms with Crippen molar-refractivity contribution in [2.45, 2.75) is 32.5 Å². The molecule has 7 nitrogen and oxygen atoms in total. The Hall–Kier alpha value is -2.67. The van der Waals surface area contributed by atoms with E-state index in [1.54, 1.807) is 13.3 Å². The molecule has 0 radical (unpaired) electrons. The molecular formula is C17H21N5O2. The smallest absolute Gasteiger partial charge is 0.257 e. The molecule has 0 aliphatic rings. The summed E-state index contributed by atoms with van der Waals surface area (Å²) in [6.07, 6.45) is 3.74. The molecule has 126 valence electrons. The van der Waals surface area contributed by atoms with Gasteiger partial charge in [0.15, 0.2) is 5.82 Å². The number of hydrogen-bond acceptors (Lipinski definition) is 6. The van der Waals surface area contributed by atoms with E-state index in [0.717, 1.165) is 11.3 Å². The van der Waals surface area contributed by atoms with Gasteiger partial charge in [-0.2, -0.15) is 10.1 Å². The number of ether oxygens (including phenoxy) is 1. The minimum atomic E-state index is 0.216. The average Bonchev–Trinajstić information content (AvgIpc) is 3.31. The molecule has 3 aromatic rings. The number of methoxy groups -OCH3 is 1. The standard InChI is InChI=1S/C17H21N5O2/c1-12(13(2)22-10-4-9-19-22)18-11-16-20-17(24-21-16)14-5-7-15(23-3)8-6-14/h4-10,12-13,18H,11H2,1-3H3/t12-,13+/m0/s1. The summed E-state index contributed by atoms with van der Waals surface area (Å²) in [5, 5.41) is 11.7. The van der Waals surface area contributed by atoms with Crippen LogP contribution in [0.3, 0.4) is 0 Å². The lowest BCUT2D eigenvalue weighted by atomic mass is 10.2. The summed E-state index contributed by atoms with van der Waals surface area (Å²) in [7, 11) is 1.64. The van der Waals surface area contributed by atoms with Crippen molar-refractivity contribution in [2.24, 2.45) is 0 Å². The highest BCUT2D eigenvalue weighted by molar-refractivity contribution is 5.54. The van der Waals surface area contributed by atoms with Gasteiger partial charge in [-0.15, -0.1) is 0 Å². The third-order valence-corrected chi connectivity index (χ3v) is 4.05. The van der Waals surface area contributed by atoms with Gasteiger partial charge in [0.1, 0.15) is 5.75 Å². The largest absolute Gasteiger partial charge is 0.497 e. The molecule has 0 saturated heterocycles. The summed E-state index contributed by atoms with van der Waals surface area (Å²) in [5.74, 6) is 1.92. The number of nitrogens with zero attached hydrogens (tertiary/aromatic N) is 4. The second-order valence-corrected chi connectivity index (χ2v) is 5.64. The van der Waals surface area contributed by atoms with Crippen LogP contribution >= 0.6 is 0 Å². The first-order chi connectivity index (χ1) is 11.7. The predicted molar refractivity (Wildman–Crippen MR) is 89.5 cm³/mol. The van der Waals surface area contributed by atoms with E-state index in [9.17, 15) is 0 Å². The highest BCUT2D eigenvalue weighted by Gasteiger charge is 2.15. The Morgan fingerprint density at radius 2 is 2.04 bits per heavy atom. The lowest BCUT2D eigenvalue weighted by Crippen LogP contribution is -2.33. The molecule has 0 bridgehead atoms. The average molecular weight is 327 g/mol. The van der Waals surface area contributed by atoms with Crippen LogP contribution in [-0.4, -0.2) is 33.1 Å². The van der Waals surface area contributed by atoms with Crippen LogP contribution in [0, 0.1) is 0 Å². The van der Waals surface area contributed by atoms with Crippen LogP contribution in [0.25, 0.3) is 11.5 Å². The Morgan fingerprint density at radius 1 is 1.25 bits per heavy atom. The first-order valence-corrected chi connectivity index (χ1v) is 7.87. The summed E-state index contributed by atoms with van der Waals surface area (Å²) in [4.78, 5) is 4.43. The number of aromatic nitrogens is 4. The number of benzene rings is 1. The van der Waals surface area contributed by atoms with Crippen molar-refractivity contribution in [3.05, 3.63) is 48.5 Å².